The molecule has 0 radical (unpaired) electrons. The van der Waals surface area contributed by atoms with Gasteiger partial charge in [0.2, 0.25) is 0 Å². The minimum absolute atomic E-state index is 0.144. The molecule has 0 aromatic carbocycles. The van der Waals surface area contributed by atoms with Crippen LogP contribution >= 0.6 is 0 Å². The van der Waals surface area contributed by atoms with E-state index in [1.54, 1.807) is 19.2 Å². The van der Waals surface area contributed by atoms with Crippen molar-refractivity contribution in [1.82, 2.24) is 5.32 Å². The zero-order valence-corrected chi connectivity index (χ0v) is 12.9. The van der Waals surface area contributed by atoms with Gasteiger partial charge in [0.05, 0.1) is 0 Å². The van der Waals surface area contributed by atoms with E-state index in [1.807, 2.05) is 0 Å². The van der Waals surface area contributed by atoms with Crippen molar-refractivity contribution in [3.05, 3.63) is 23.7 Å². The fourth-order valence-electron chi connectivity index (χ4n) is 2.04. The summed E-state index contributed by atoms with van der Waals surface area (Å²) in [5, 5.41) is 2.88. The Morgan fingerprint density at radius 1 is 1.25 bits per heavy atom. The van der Waals surface area contributed by atoms with Crippen LogP contribution in [0.25, 0.3) is 0 Å². The Kier molecular flexibility index (Phi) is 8.04. The summed E-state index contributed by atoms with van der Waals surface area (Å²) in [6.07, 6.45) is 6.01. The van der Waals surface area contributed by atoms with Gasteiger partial charge in [0.25, 0.3) is 5.91 Å². The number of carbonyl (C=O) groups excluding carboxylic acids is 1. The lowest BCUT2D eigenvalue weighted by Crippen LogP contribution is -2.23. The van der Waals surface area contributed by atoms with Gasteiger partial charge in [-0.25, -0.2) is 0 Å². The summed E-state index contributed by atoms with van der Waals surface area (Å²) in [5.74, 6) is 1.67. The molecule has 0 saturated carbocycles. The van der Waals surface area contributed by atoms with E-state index < -0.39 is 0 Å². The first-order valence-electron chi connectivity index (χ1n) is 7.49. The first kappa shape index (κ1) is 16.8. The summed E-state index contributed by atoms with van der Waals surface area (Å²) < 4.78 is 10.3. The topological polar surface area (TPSA) is 51.5 Å². The molecule has 0 fully saturated rings. The molecule has 0 aliphatic heterocycles. The quantitative estimate of drug-likeness (QED) is 0.664. The van der Waals surface area contributed by atoms with Gasteiger partial charge in [-0.05, 0) is 24.5 Å². The van der Waals surface area contributed by atoms with Crippen LogP contribution < -0.4 is 5.32 Å². The first-order valence-corrected chi connectivity index (χ1v) is 7.49. The van der Waals surface area contributed by atoms with Gasteiger partial charge in [0, 0.05) is 13.7 Å². The third-order valence-electron chi connectivity index (χ3n) is 3.17. The average Bonchev–Trinajstić information content (AvgIpc) is 2.86. The first-order chi connectivity index (χ1) is 9.63. The van der Waals surface area contributed by atoms with Gasteiger partial charge >= 0.3 is 0 Å². The minimum atomic E-state index is -0.144. The van der Waals surface area contributed by atoms with Crippen LogP contribution in [0.1, 0.15) is 62.3 Å². The fourth-order valence-corrected chi connectivity index (χ4v) is 2.04. The Balaban J connectivity index is 2.10. The van der Waals surface area contributed by atoms with Crippen molar-refractivity contribution >= 4 is 5.91 Å². The number of hydrogen-bond donors (Lipinski definition) is 1. The number of methoxy groups -OCH3 is 1. The van der Waals surface area contributed by atoms with Crippen molar-refractivity contribution in [2.75, 3.05) is 13.7 Å². The van der Waals surface area contributed by atoms with Crippen molar-refractivity contribution in [3.63, 3.8) is 0 Å². The highest BCUT2D eigenvalue weighted by molar-refractivity contribution is 5.91. The summed E-state index contributed by atoms with van der Waals surface area (Å²) >= 11 is 0. The maximum Gasteiger partial charge on any atom is 0.286 e. The third kappa shape index (κ3) is 6.75. The molecule has 4 nitrogen and oxygen atoms in total. The monoisotopic (exact) mass is 281 g/mol. The van der Waals surface area contributed by atoms with Gasteiger partial charge in [-0.3, -0.25) is 4.79 Å². The highest BCUT2D eigenvalue weighted by Crippen LogP contribution is 2.10. The second-order valence-corrected chi connectivity index (χ2v) is 5.55. The predicted molar refractivity (Wildman–Crippen MR) is 79.7 cm³/mol. The number of hydrogen-bond acceptors (Lipinski definition) is 3. The van der Waals surface area contributed by atoms with Crippen molar-refractivity contribution in [2.24, 2.45) is 5.92 Å². The Hall–Kier alpha value is -1.29. The predicted octanol–water partition coefficient (Wildman–Crippen LogP) is 3.76. The van der Waals surface area contributed by atoms with Crippen molar-refractivity contribution < 1.29 is 13.9 Å². The van der Waals surface area contributed by atoms with E-state index in [-0.39, 0.29) is 5.91 Å². The fraction of sp³-hybridized carbons (Fsp3) is 0.688. The second-order valence-electron chi connectivity index (χ2n) is 5.55. The van der Waals surface area contributed by atoms with Crippen LogP contribution in [-0.2, 0) is 11.3 Å². The number of nitrogens with one attached hydrogen (secondary N) is 1. The normalized spacial score (nSPS) is 11.0. The molecule has 1 N–H and O–H groups in total. The molecule has 1 aromatic rings. The van der Waals surface area contributed by atoms with Gasteiger partial charge in [-0.2, -0.15) is 0 Å². The van der Waals surface area contributed by atoms with E-state index in [4.69, 9.17) is 9.15 Å². The molecule has 1 rings (SSSR count). The van der Waals surface area contributed by atoms with E-state index in [1.165, 1.54) is 25.7 Å². The van der Waals surface area contributed by atoms with Gasteiger partial charge in [0.15, 0.2) is 5.76 Å². The number of amides is 1. The largest absolute Gasteiger partial charge is 0.453 e. The molecule has 20 heavy (non-hydrogen) atoms. The van der Waals surface area contributed by atoms with Crippen molar-refractivity contribution in [1.29, 1.82) is 0 Å². The van der Waals surface area contributed by atoms with E-state index in [0.717, 1.165) is 12.3 Å². The molecule has 1 amide bonds. The summed E-state index contributed by atoms with van der Waals surface area (Å²) in [6.45, 7) is 5.60. The highest BCUT2D eigenvalue weighted by atomic mass is 16.5. The molecule has 0 saturated heterocycles. The standard InChI is InChI=1S/C16H27NO3/c1-13(2)8-6-4-5-7-11-17-16(18)15-10-9-14(20-15)12-19-3/h9-10,13H,4-8,11-12H2,1-3H3,(H,17,18). The third-order valence-corrected chi connectivity index (χ3v) is 3.17. The molecule has 0 aliphatic carbocycles. The molecule has 0 aliphatic rings. The van der Waals surface area contributed by atoms with Crippen LogP contribution in [0.3, 0.4) is 0 Å². The molecule has 4 heteroatoms. The molecule has 1 aromatic heterocycles. The zero-order valence-electron chi connectivity index (χ0n) is 12.9. The van der Waals surface area contributed by atoms with Crippen molar-refractivity contribution in [2.45, 2.75) is 52.6 Å². The molecular weight excluding hydrogens is 254 g/mol. The molecule has 0 spiro atoms. The smallest absolute Gasteiger partial charge is 0.286 e. The van der Waals surface area contributed by atoms with Gasteiger partial charge < -0.3 is 14.5 Å². The van der Waals surface area contributed by atoms with E-state index in [9.17, 15) is 4.79 Å². The lowest BCUT2D eigenvalue weighted by atomic mass is 10.0. The highest BCUT2D eigenvalue weighted by Gasteiger charge is 2.10. The number of unbranched alkanes of at least 4 members (excludes halogenated alkanes) is 3. The Morgan fingerprint density at radius 3 is 2.70 bits per heavy atom. The Morgan fingerprint density at radius 2 is 2.00 bits per heavy atom. The van der Waals surface area contributed by atoms with Crippen LogP contribution in [-0.4, -0.2) is 19.6 Å². The molecule has 0 bridgehead atoms. The molecule has 0 unspecified atom stereocenters. The van der Waals surface area contributed by atoms with Crippen LogP contribution in [0.5, 0.6) is 0 Å². The van der Waals surface area contributed by atoms with Gasteiger partial charge in [-0.15, -0.1) is 0 Å². The molecular formula is C16H27NO3. The SMILES string of the molecule is COCc1ccc(C(=O)NCCCCCCC(C)C)o1. The van der Waals surface area contributed by atoms with Crippen LogP contribution in [0.4, 0.5) is 0 Å². The van der Waals surface area contributed by atoms with Gasteiger partial charge in [-0.1, -0.05) is 39.5 Å². The number of rotatable bonds is 10. The average molecular weight is 281 g/mol. The van der Waals surface area contributed by atoms with Gasteiger partial charge in [0.1, 0.15) is 12.4 Å². The summed E-state index contributed by atoms with van der Waals surface area (Å²) in [6, 6.07) is 3.46. The lowest BCUT2D eigenvalue weighted by molar-refractivity contribution is 0.0916. The van der Waals surface area contributed by atoms with Crippen LogP contribution in [0.2, 0.25) is 0 Å². The van der Waals surface area contributed by atoms with E-state index in [2.05, 4.69) is 19.2 Å². The number of carbonyl (C=O) groups is 1. The summed E-state index contributed by atoms with van der Waals surface area (Å²) in [5.41, 5.74) is 0. The Bertz CT molecular complexity index is 385. The minimum Gasteiger partial charge on any atom is -0.453 e. The van der Waals surface area contributed by atoms with E-state index >= 15 is 0 Å². The van der Waals surface area contributed by atoms with Crippen LogP contribution in [0, 0.1) is 5.92 Å². The number of ether oxygens (including phenoxy) is 1. The zero-order chi connectivity index (χ0) is 14.8. The summed E-state index contributed by atoms with van der Waals surface area (Å²) in [7, 11) is 1.60. The van der Waals surface area contributed by atoms with Crippen molar-refractivity contribution in [3.8, 4) is 0 Å². The maximum atomic E-state index is 11.8. The molecule has 1 heterocycles. The van der Waals surface area contributed by atoms with E-state index in [0.29, 0.717) is 24.7 Å². The maximum absolute atomic E-state index is 11.8. The molecule has 0 atom stereocenters. The molecule has 114 valence electrons. The second kappa shape index (κ2) is 9.59. The lowest BCUT2D eigenvalue weighted by Gasteiger charge is -2.05. The summed E-state index contributed by atoms with van der Waals surface area (Å²) in [4.78, 5) is 11.8. The Labute approximate surface area is 121 Å². The number of furan rings is 1. The van der Waals surface area contributed by atoms with Crippen LogP contribution in [0.15, 0.2) is 16.5 Å².